The first-order chi connectivity index (χ1) is 14.8. The fraction of sp³-hybridized carbons (Fsp3) is 0.200. The second kappa shape index (κ2) is 10.9. The molecule has 2 aromatic carbocycles. The van der Waals surface area contributed by atoms with Crippen LogP contribution >= 0.6 is 0 Å². The van der Waals surface area contributed by atoms with Crippen LogP contribution in [0.5, 0.6) is 0 Å². The molecule has 32 heavy (non-hydrogen) atoms. The summed E-state index contributed by atoms with van der Waals surface area (Å²) in [5, 5.41) is 16.9. The predicted molar refractivity (Wildman–Crippen MR) is 120 cm³/mol. The number of hydrogen-bond acceptors (Lipinski definition) is 4. The van der Waals surface area contributed by atoms with Crippen molar-refractivity contribution in [3.05, 3.63) is 96.1 Å². The number of pyridine rings is 1. The zero-order valence-electron chi connectivity index (χ0n) is 18.4. The number of aromatic carboxylic acids is 1. The topological polar surface area (TPSA) is 80.9 Å². The van der Waals surface area contributed by atoms with Crippen molar-refractivity contribution in [2.75, 3.05) is 0 Å². The van der Waals surface area contributed by atoms with Gasteiger partial charge in [-0.3, -0.25) is 0 Å². The van der Waals surface area contributed by atoms with Crippen LogP contribution in [0.4, 0.5) is 0 Å². The van der Waals surface area contributed by atoms with E-state index >= 15 is 0 Å². The molecule has 0 bridgehead atoms. The van der Waals surface area contributed by atoms with E-state index < -0.39 is 5.97 Å². The van der Waals surface area contributed by atoms with E-state index in [2.05, 4.69) is 70.9 Å². The van der Waals surface area contributed by atoms with E-state index in [1.54, 1.807) is 12.1 Å². The zero-order valence-corrected chi connectivity index (χ0v) is 20.8. The molecule has 0 saturated heterocycles. The van der Waals surface area contributed by atoms with Crippen LogP contribution in [0.25, 0.3) is 17.1 Å². The van der Waals surface area contributed by atoms with Crippen molar-refractivity contribution in [3.8, 4) is 17.1 Å². The van der Waals surface area contributed by atoms with Gasteiger partial charge in [0.15, 0.2) is 0 Å². The third-order valence-electron chi connectivity index (χ3n) is 4.65. The van der Waals surface area contributed by atoms with Crippen LogP contribution in [0.3, 0.4) is 0 Å². The SMILES string of the molecule is Cc1nnc(-c2[c-]cccc2)n1-c1ccc(C(C)(C)C)cc1.O=C(O)c1ccccn1.[Ir]. The number of benzene rings is 2. The first-order valence-corrected chi connectivity index (χ1v) is 9.91. The van der Waals surface area contributed by atoms with Crippen molar-refractivity contribution >= 4 is 5.97 Å². The Morgan fingerprint density at radius 1 is 0.969 bits per heavy atom. The molecule has 0 fully saturated rings. The smallest absolute Gasteiger partial charge is 0.354 e. The molecule has 1 N–H and O–H groups in total. The molecule has 6 nitrogen and oxygen atoms in total. The van der Waals surface area contributed by atoms with Crippen molar-refractivity contribution in [1.82, 2.24) is 19.7 Å². The molecule has 1 radical (unpaired) electrons. The Kier molecular flexibility index (Phi) is 8.58. The van der Waals surface area contributed by atoms with E-state index in [0.29, 0.717) is 0 Å². The van der Waals surface area contributed by atoms with E-state index in [1.165, 1.54) is 17.8 Å². The molecule has 2 aromatic heterocycles. The monoisotopic (exact) mass is 606 g/mol. The molecule has 0 amide bonds. The maximum atomic E-state index is 10.1. The quantitative estimate of drug-likeness (QED) is 0.328. The fourth-order valence-corrected chi connectivity index (χ4v) is 2.98. The molecule has 2 heterocycles. The van der Waals surface area contributed by atoms with Gasteiger partial charge in [0.25, 0.3) is 0 Å². The van der Waals surface area contributed by atoms with Gasteiger partial charge in [0.1, 0.15) is 11.5 Å². The van der Waals surface area contributed by atoms with Crippen molar-refractivity contribution in [3.63, 3.8) is 0 Å². The first kappa shape index (κ1) is 25.1. The Labute approximate surface area is 201 Å². The molecular formula is C25H25IrN4O2-. The van der Waals surface area contributed by atoms with E-state index in [1.807, 2.05) is 31.2 Å². The summed E-state index contributed by atoms with van der Waals surface area (Å²) in [6.45, 7) is 8.63. The largest absolute Gasteiger partial charge is 0.477 e. The van der Waals surface area contributed by atoms with Gasteiger partial charge in [-0.15, -0.1) is 41.0 Å². The summed E-state index contributed by atoms with van der Waals surface area (Å²) in [4.78, 5) is 13.7. The standard InChI is InChI=1S/C19H20N3.C6H5NO2.Ir/c1-14-20-21-18(15-8-6-5-7-9-15)22(14)17-12-10-16(11-13-17)19(2,3)4;8-6(9)5-3-1-2-4-7-5;/h5-8,10-13H,1-4H3;1-4H,(H,8,9);/q-1;;. The second-order valence-corrected chi connectivity index (χ2v) is 8.00. The summed E-state index contributed by atoms with van der Waals surface area (Å²) < 4.78 is 2.07. The summed E-state index contributed by atoms with van der Waals surface area (Å²) in [7, 11) is 0. The van der Waals surface area contributed by atoms with E-state index in [4.69, 9.17) is 5.11 Å². The van der Waals surface area contributed by atoms with Gasteiger partial charge in [-0.1, -0.05) is 39.0 Å². The Balaban J connectivity index is 0.000000307. The maximum absolute atomic E-state index is 10.1. The van der Waals surface area contributed by atoms with Gasteiger partial charge in [0, 0.05) is 32.0 Å². The number of hydrogen-bond donors (Lipinski definition) is 1. The molecule has 0 unspecified atom stereocenters. The molecule has 4 aromatic rings. The van der Waals surface area contributed by atoms with Gasteiger partial charge in [0.05, 0.1) is 5.82 Å². The number of carbonyl (C=O) groups is 1. The number of carboxylic acids is 1. The van der Waals surface area contributed by atoms with Gasteiger partial charge in [-0.05, 0) is 42.2 Å². The third-order valence-corrected chi connectivity index (χ3v) is 4.65. The fourth-order valence-electron chi connectivity index (χ4n) is 2.98. The van der Waals surface area contributed by atoms with Crippen LogP contribution in [0, 0.1) is 13.0 Å². The van der Waals surface area contributed by atoms with Gasteiger partial charge >= 0.3 is 5.97 Å². The minimum absolute atomic E-state index is 0. The predicted octanol–water partition coefficient (Wildman–Crippen LogP) is 5.12. The minimum atomic E-state index is -0.990. The van der Waals surface area contributed by atoms with E-state index in [-0.39, 0.29) is 31.2 Å². The normalized spacial score (nSPS) is 10.5. The summed E-state index contributed by atoms with van der Waals surface area (Å²) in [6.07, 6.45) is 1.45. The zero-order chi connectivity index (χ0) is 22.4. The summed E-state index contributed by atoms with van der Waals surface area (Å²) in [5.74, 6) is 0.702. The Morgan fingerprint density at radius 2 is 1.66 bits per heavy atom. The van der Waals surface area contributed by atoms with Crippen molar-refractivity contribution in [2.45, 2.75) is 33.1 Å². The van der Waals surface area contributed by atoms with Crippen LogP contribution in [0.15, 0.2) is 72.9 Å². The number of nitrogens with zero attached hydrogens (tertiary/aromatic N) is 4. The molecule has 7 heteroatoms. The number of rotatable bonds is 3. The number of aryl methyl sites for hydroxylation is 1. The Morgan fingerprint density at radius 3 is 2.16 bits per heavy atom. The third kappa shape index (κ3) is 6.19. The molecule has 167 valence electrons. The molecule has 0 aliphatic rings. The second-order valence-electron chi connectivity index (χ2n) is 8.00. The van der Waals surface area contributed by atoms with E-state index in [9.17, 15) is 4.79 Å². The average Bonchev–Trinajstić information content (AvgIpc) is 3.16. The molecule has 0 saturated carbocycles. The van der Waals surface area contributed by atoms with Crippen LogP contribution in [-0.2, 0) is 25.5 Å². The summed E-state index contributed by atoms with van der Waals surface area (Å²) in [5.41, 5.74) is 3.56. The minimum Gasteiger partial charge on any atom is -0.477 e. The van der Waals surface area contributed by atoms with Crippen LogP contribution < -0.4 is 0 Å². The Hall–Kier alpha value is -3.15. The number of aromatic nitrogens is 4. The summed E-state index contributed by atoms with van der Waals surface area (Å²) >= 11 is 0. The van der Waals surface area contributed by atoms with Gasteiger partial charge in [-0.2, -0.15) is 5.10 Å². The molecule has 0 aliphatic heterocycles. The van der Waals surface area contributed by atoms with Crippen molar-refractivity contribution in [2.24, 2.45) is 0 Å². The van der Waals surface area contributed by atoms with Crippen molar-refractivity contribution in [1.29, 1.82) is 0 Å². The molecular weight excluding hydrogens is 581 g/mol. The van der Waals surface area contributed by atoms with Gasteiger partial charge in [0.2, 0.25) is 0 Å². The molecule has 0 spiro atoms. The maximum Gasteiger partial charge on any atom is 0.354 e. The molecule has 0 aliphatic carbocycles. The van der Waals surface area contributed by atoms with Crippen LogP contribution in [0.2, 0.25) is 0 Å². The number of carboxylic acid groups (broad SMARTS) is 1. The van der Waals surface area contributed by atoms with Crippen LogP contribution in [-0.4, -0.2) is 30.8 Å². The molecule has 0 atom stereocenters. The van der Waals surface area contributed by atoms with E-state index in [0.717, 1.165) is 22.9 Å². The first-order valence-electron chi connectivity index (χ1n) is 9.91. The Bertz CT molecular complexity index is 1140. The summed E-state index contributed by atoms with van der Waals surface area (Å²) in [6, 6.07) is 24.4. The molecule has 4 rings (SSSR count). The van der Waals surface area contributed by atoms with Gasteiger partial charge < -0.3 is 9.67 Å². The van der Waals surface area contributed by atoms with Gasteiger partial charge in [-0.25, -0.2) is 9.78 Å². The average molecular weight is 606 g/mol. The van der Waals surface area contributed by atoms with Crippen LogP contribution in [0.1, 0.15) is 42.6 Å². The van der Waals surface area contributed by atoms with Crippen molar-refractivity contribution < 1.29 is 30.0 Å².